The summed E-state index contributed by atoms with van der Waals surface area (Å²) < 4.78 is 5.61. The highest BCUT2D eigenvalue weighted by molar-refractivity contribution is 6.35. The van der Waals surface area contributed by atoms with E-state index < -0.39 is 5.60 Å². The predicted molar refractivity (Wildman–Crippen MR) is 61.4 cm³/mol. The molecule has 0 fully saturated rings. The van der Waals surface area contributed by atoms with Gasteiger partial charge in [-0.05, 0) is 32.0 Å². The van der Waals surface area contributed by atoms with Gasteiger partial charge in [-0.25, -0.2) is 0 Å². The normalized spacial score (nSPS) is 10.9. The molecular formula is C11H11Cl2NO. The van der Waals surface area contributed by atoms with Crippen molar-refractivity contribution < 1.29 is 4.74 Å². The second-order valence-corrected chi connectivity index (χ2v) is 4.62. The molecule has 0 atom stereocenters. The Hall–Kier alpha value is -0.910. The minimum absolute atomic E-state index is 0.298. The van der Waals surface area contributed by atoms with Crippen molar-refractivity contribution in [3.8, 4) is 11.8 Å². The zero-order valence-corrected chi connectivity index (χ0v) is 10.1. The molecule has 0 saturated heterocycles. The average molecular weight is 244 g/mol. The molecule has 4 heteroatoms. The largest absolute Gasteiger partial charge is 0.485 e. The molecule has 0 aliphatic heterocycles. The summed E-state index contributed by atoms with van der Waals surface area (Å²) in [5.74, 6) is 0.543. The van der Waals surface area contributed by atoms with Crippen molar-refractivity contribution >= 4 is 23.2 Å². The van der Waals surface area contributed by atoms with E-state index in [2.05, 4.69) is 6.07 Å². The van der Waals surface area contributed by atoms with Crippen molar-refractivity contribution in [2.24, 2.45) is 0 Å². The number of nitriles is 1. The molecule has 0 saturated carbocycles. The van der Waals surface area contributed by atoms with Gasteiger partial charge in [0, 0.05) is 5.02 Å². The first kappa shape index (κ1) is 12.2. The van der Waals surface area contributed by atoms with Gasteiger partial charge in [0.2, 0.25) is 0 Å². The molecule has 0 aliphatic carbocycles. The van der Waals surface area contributed by atoms with Crippen LogP contribution in [0.5, 0.6) is 5.75 Å². The van der Waals surface area contributed by atoms with Crippen LogP contribution in [0.15, 0.2) is 18.2 Å². The molecule has 80 valence electrons. The highest BCUT2D eigenvalue weighted by Gasteiger charge is 2.20. The Kier molecular flexibility index (Phi) is 3.84. The third kappa shape index (κ3) is 3.62. The van der Waals surface area contributed by atoms with Crippen LogP contribution < -0.4 is 4.74 Å². The lowest BCUT2D eigenvalue weighted by molar-refractivity contribution is 0.115. The van der Waals surface area contributed by atoms with Crippen LogP contribution in [0.3, 0.4) is 0 Å². The number of benzene rings is 1. The Morgan fingerprint density at radius 2 is 2.07 bits per heavy atom. The minimum atomic E-state index is -0.549. The fraction of sp³-hybridized carbons (Fsp3) is 0.364. The summed E-state index contributed by atoms with van der Waals surface area (Å²) in [6, 6.07) is 7.07. The van der Waals surface area contributed by atoms with Gasteiger partial charge in [0.25, 0.3) is 0 Å². The van der Waals surface area contributed by atoms with Gasteiger partial charge in [-0.3, -0.25) is 0 Å². The highest BCUT2D eigenvalue weighted by atomic mass is 35.5. The summed E-state index contributed by atoms with van der Waals surface area (Å²) in [6.45, 7) is 3.67. The van der Waals surface area contributed by atoms with Crippen LogP contribution >= 0.6 is 23.2 Å². The second kappa shape index (κ2) is 4.74. The molecule has 0 unspecified atom stereocenters. The van der Waals surface area contributed by atoms with Crippen LogP contribution in [0.1, 0.15) is 20.3 Å². The maximum absolute atomic E-state index is 8.61. The SMILES string of the molecule is CC(C)(CC#N)Oc1ccc(Cl)cc1Cl. The summed E-state index contributed by atoms with van der Waals surface area (Å²) in [7, 11) is 0. The minimum Gasteiger partial charge on any atom is -0.485 e. The van der Waals surface area contributed by atoms with Crippen molar-refractivity contribution in [2.75, 3.05) is 0 Å². The van der Waals surface area contributed by atoms with E-state index in [0.29, 0.717) is 22.2 Å². The zero-order chi connectivity index (χ0) is 11.5. The quantitative estimate of drug-likeness (QED) is 0.802. The zero-order valence-electron chi connectivity index (χ0n) is 8.55. The lowest BCUT2D eigenvalue weighted by atomic mass is 10.1. The van der Waals surface area contributed by atoms with Crippen molar-refractivity contribution in [2.45, 2.75) is 25.9 Å². The first-order valence-electron chi connectivity index (χ1n) is 4.45. The van der Waals surface area contributed by atoms with E-state index >= 15 is 0 Å². The van der Waals surface area contributed by atoms with E-state index in [9.17, 15) is 0 Å². The number of nitrogens with zero attached hydrogens (tertiary/aromatic N) is 1. The molecular weight excluding hydrogens is 233 g/mol. The van der Waals surface area contributed by atoms with E-state index in [1.165, 1.54) is 0 Å². The van der Waals surface area contributed by atoms with Crippen molar-refractivity contribution in [1.29, 1.82) is 5.26 Å². The summed E-state index contributed by atoms with van der Waals surface area (Å²) in [5.41, 5.74) is -0.549. The van der Waals surface area contributed by atoms with Gasteiger partial charge in [0.15, 0.2) is 0 Å². The summed E-state index contributed by atoms with van der Waals surface area (Å²) in [6.07, 6.45) is 0.298. The van der Waals surface area contributed by atoms with Gasteiger partial charge in [0.1, 0.15) is 11.4 Å². The monoisotopic (exact) mass is 243 g/mol. The standard InChI is InChI=1S/C11H11Cl2NO/c1-11(2,5-6-14)15-10-4-3-8(12)7-9(10)13/h3-4,7H,5H2,1-2H3. The Bertz CT molecular complexity index is 396. The molecule has 0 N–H and O–H groups in total. The maximum Gasteiger partial charge on any atom is 0.138 e. The van der Waals surface area contributed by atoms with Gasteiger partial charge in [-0.1, -0.05) is 23.2 Å². The van der Waals surface area contributed by atoms with Gasteiger partial charge >= 0.3 is 0 Å². The lowest BCUT2D eigenvalue weighted by Gasteiger charge is -2.24. The third-order valence-electron chi connectivity index (χ3n) is 1.78. The first-order chi connectivity index (χ1) is 6.94. The van der Waals surface area contributed by atoms with Gasteiger partial charge in [-0.15, -0.1) is 0 Å². The number of rotatable bonds is 3. The van der Waals surface area contributed by atoms with Gasteiger partial charge in [-0.2, -0.15) is 5.26 Å². The molecule has 2 nitrogen and oxygen atoms in total. The molecule has 15 heavy (non-hydrogen) atoms. The molecule has 0 aliphatic rings. The molecule has 1 aromatic rings. The van der Waals surface area contributed by atoms with E-state index in [0.717, 1.165) is 0 Å². The maximum atomic E-state index is 8.61. The molecule has 0 amide bonds. The average Bonchev–Trinajstić information content (AvgIpc) is 2.09. The predicted octanol–water partition coefficient (Wildman–Crippen LogP) is 4.06. The Labute approximate surface area is 99.4 Å². The van der Waals surface area contributed by atoms with Crippen molar-refractivity contribution in [3.63, 3.8) is 0 Å². The molecule has 0 radical (unpaired) electrons. The fourth-order valence-corrected chi connectivity index (χ4v) is 1.53. The topological polar surface area (TPSA) is 33.0 Å². The van der Waals surface area contributed by atoms with Crippen LogP contribution in [0.25, 0.3) is 0 Å². The highest BCUT2D eigenvalue weighted by Crippen LogP contribution is 2.31. The lowest BCUT2D eigenvalue weighted by Crippen LogP contribution is -2.27. The van der Waals surface area contributed by atoms with Crippen LogP contribution in [0, 0.1) is 11.3 Å². The number of hydrogen-bond donors (Lipinski definition) is 0. The van der Waals surface area contributed by atoms with Crippen molar-refractivity contribution in [1.82, 2.24) is 0 Å². The van der Waals surface area contributed by atoms with E-state index in [1.54, 1.807) is 18.2 Å². The molecule has 0 spiro atoms. The van der Waals surface area contributed by atoms with Crippen molar-refractivity contribution in [3.05, 3.63) is 28.2 Å². The Balaban J connectivity index is 2.86. The van der Waals surface area contributed by atoms with E-state index in [1.807, 2.05) is 13.8 Å². The van der Waals surface area contributed by atoms with Gasteiger partial charge < -0.3 is 4.74 Å². The number of hydrogen-bond acceptors (Lipinski definition) is 2. The Morgan fingerprint density at radius 3 is 2.60 bits per heavy atom. The first-order valence-corrected chi connectivity index (χ1v) is 5.21. The number of halogens is 2. The Morgan fingerprint density at radius 1 is 1.40 bits per heavy atom. The molecule has 0 aromatic heterocycles. The summed E-state index contributed by atoms with van der Waals surface area (Å²) in [5, 5.41) is 9.62. The molecule has 0 bridgehead atoms. The summed E-state index contributed by atoms with van der Waals surface area (Å²) >= 11 is 11.7. The van der Waals surface area contributed by atoms with E-state index in [-0.39, 0.29) is 0 Å². The fourth-order valence-electron chi connectivity index (χ4n) is 1.08. The van der Waals surface area contributed by atoms with Crippen LogP contribution in [0.2, 0.25) is 10.0 Å². The van der Waals surface area contributed by atoms with Gasteiger partial charge in [0.05, 0.1) is 17.5 Å². The number of ether oxygens (including phenoxy) is 1. The molecule has 0 heterocycles. The van der Waals surface area contributed by atoms with Crippen LogP contribution in [-0.2, 0) is 0 Å². The van der Waals surface area contributed by atoms with Crippen LogP contribution in [0.4, 0.5) is 0 Å². The molecule has 1 aromatic carbocycles. The second-order valence-electron chi connectivity index (χ2n) is 3.77. The smallest absolute Gasteiger partial charge is 0.138 e. The summed E-state index contributed by atoms with van der Waals surface area (Å²) in [4.78, 5) is 0. The van der Waals surface area contributed by atoms with E-state index in [4.69, 9.17) is 33.2 Å². The third-order valence-corrected chi connectivity index (χ3v) is 2.32. The van der Waals surface area contributed by atoms with Crippen LogP contribution in [-0.4, -0.2) is 5.60 Å². The molecule has 1 rings (SSSR count).